The van der Waals surface area contributed by atoms with Crippen molar-refractivity contribution in [3.8, 4) is 16.2 Å². The van der Waals surface area contributed by atoms with Gasteiger partial charge < -0.3 is 41.2 Å². The quantitative estimate of drug-likeness (QED) is 0.0842. The molecule has 3 aromatic rings. The smallest absolute Gasteiger partial charge is 0.407 e. The average molecular weight is 863 g/mol. The fourth-order valence-corrected chi connectivity index (χ4v) is 8.10. The lowest BCUT2D eigenvalue weighted by Gasteiger charge is -2.35. The van der Waals surface area contributed by atoms with Crippen LogP contribution in [0.5, 0.6) is 5.75 Å². The lowest BCUT2D eigenvalue weighted by molar-refractivity contribution is -0.144. The molecule has 0 bridgehead atoms. The van der Waals surface area contributed by atoms with Crippen LogP contribution in [0, 0.1) is 19.3 Å². The van der Waals surface area contributed by atoms with E-state index in [2.05, 4.69) is 20.9 Å². The van der Waals surface area contributed by atoms with Crippen molar-refractivity contribution in [3.63, 3.8) is 0 Å². The highest BCUT2D eigenvalue weighted by molar-refractivity contribution is 7.13. The third-order valence-electron chi connectivity index (χ3n) is 10.7. The van der Waals surface area contributed by atoms with Crippen molar-refractivity contribution < 1.29 is 38.6 Å². The van der Waals surface area contributed by atoms with Crippen molar-refractivity contribution in [1.82, 2.24) is 25.8 Å². The maximum atomic E-state index is 14.1. The Bertz CT molecular complexity index is 1970. The number of aromatic nitrogens is 1. The number of alkyl carbamates (subject to hydrolysis) is 1. The molecule has 1 fully saturated rings. The number of nitrogens with zero attached hydrogens (tertiary/aromatic N) is 2. The van der Waals surface area contributed by atoms with Gasteiger partial charge in [0, 0.05) is 25.8 Å². The van der Waals surface area contributed by atoms with Gasteiger partial charge in [-0.05, 0) is 101 Å². The van der Waals surface area contributed by atoms with E-state index in [9.17, 15) is 29.1 Å². The number of thiazole rings is 1. The monoisotopic (exact) mass is 862 g/mol. The number of benzene rings is 2. The zero-order chi connectivity index (χ0) is 45.1. The Morgan fingerprint density at radius 3 is 2.28 bits per heavy atom. The Morgan fingerprint density at radius 2 is 1.66 bits per heavy atom. The topological polar surface area (TPSA) is 202 Å². The molecule has 0 aliphatic carbocycles. The molecule has 0 saturated carbocycles. The first-order valence-electron chi connectivity index (χ1n) is 21.2. The number of ether oxygens (including phenoxy) is 2. The Balaban J connectivity index is 1.27. The van der Waals surface area contributed by atoms with Gasteiger partial charge in [0.2, 0.25) is 23.6 Å². The molecule has 1 aliphatic rings. The minimum atomic E-state index is -0.902. The summed E-state index contributed by atoms with van der Waals surface area (Å²) in [7, 11) is 0. The van der Waals surface area contributed by atoms with Crippen LogP contribution in [0.15, 0.2) is 48.0 Å². The number of aryl methyl sites for hydroxylation is 2. The van der Waals surface area contributed by atoms with Crippen LogP contribution in [-0.4, -0.2) is 87.7 Å². The summed E-state index contributed by atoms with van der Waals surface area (Å²) in [5, 5.41) is 19.4. The second-order valence-corrected chi connectivity index (χ2v) is 19.0. The number of amides is 5. The number of β-amino-alcohol motifs (C(OH)–C–C–N with tert-alkyl or cyclic N) is 1. The third-order valence-corrected chi connectivity index (χ3v) is 11.7. The molecule has 61 heavy (non-hydrogen) atoms. The zero-order valence-corrected chi connectivity index (χ0v) is 38.1. The maximum Gasteiger partial charge on any atom is 0.407 e. The Labute approximate surface area is 364 Å². The standard InChI is InChI=1S/C46H66N6O8S/c1-28-31(15-13-16-37(28)59-26-34(22-23-38(47)54)50-44(58)60-46(7,8)9)14-11-10-12-17-39(55)51-41(45(4,5)6)43(57)52-25-35(53)24-36(52)42(56)49-29(2)32-18-20-33(21-19-32)40-30(3)48-27-61-40/h13,15-16,18-21,27,29,34-36,41,53H,10-12,14,17,22-26H2,1-9H3,(H2,47,54)(H,49,56)(H,50,58)(H,51,55)/t29-,34-,35+,36-,41+/m0/s1. The number of hydrogen-bond acceptors (Lipinski definition) is 10. The van der Waals surface area contributed by atoms with Gasteiger partial charge in [0.15, 0.2) is 0 Å². The van der Waals surface area contributed by atoms with E-state index in [0.29, 0.717) is 18.6 Å². The first kappa shape index (κ1) is 48.6. The van der Waals surface area contributed by atoms with E-state index in [4.69, 9.17) is 15.2 Å². The van der Waals surface area contributed by atoms with Gasteiger partial charge in [-0.2, -0.15) is 0 Å². The summed E-state index contributed by atoms with van der Waals surface area (Å²) < 4.78 is 11.5. The SMILES string of the molecule is Cc1ncsc1-c1ccc([C@H](C)NC(=O)[C@@H]2C[C@@H](O)CN2C(=O)[C@@H](NC(=O)CCCCCc2cccc(OC[C@H](CCC(N)=O)NC(=O)OC(C)(C)C)c2C)C(C)(C)C)cc1. The van der Waals surface area contributed by atoms with Gasteiger partial charge in [-0.1, -0.05) is 63.6 Å². The summed E-state index contributed by atoms with van der Waals surface area (Å²) >= 11 is 1.57. The number of carbonyl (C=O) groups excluding carboxylic acids is 5. The van der Waals surface area contributed by atoms with Crippen molar-refractivity contribution in [3.05, 3.63) is 70.4 Å². The number of nitrogens with two attached hydrogens (primary N) is 1. The van der Waals surface area contributed by atoms with Gasteiger partial charge in [-0.25, -0.2) is 9.78 Å². The molecule has 334 valence electrons. The van der Waals surface area contributed by atoms with E-state index in [1.165, 1.54) is 4.90 Å². The van der Waals surface area contributed by atoms with E-state index >= 15 is 0 Å². The molecule has 14 nitrogen and oxygen atoms in total. The number of primary amides is 1. The van der Waals surface area contributed by atoms with E-state index in [0.717, 1.165) is 52.1 Å². The van der Waals surface area contributed by atoms with Crippen LogP contribution in [0.1, 0.15) is 122 Å². The van der Waals surface area contributed by atoms with Crippen molar-refractivity contribution in [2.75, 3.05) is 13.2 Å². The summed E-state index contributed by atoms with van der Waals surface area (Å²) in [6, 6.07) is 11.1. The van der Waals surface area contributed by atoms with Gasteiger partial charge in [-0.3, -0.25) is 19.2 Å². The molecule has 5 atom stereocenters. The summed E-state index contributed by atoms with van der Waals surface area (Å²) in [4.78, 5) is 71.8. The fraction of sp³-hybridized carbons (Fsp3) is 0.565. The highest BCUT2D eigenvalue weighted by Crippen LogP contribution is 2.30. The molecule has 1 aromatic heterocycles. The van der Waals surface area contributed by atoms with E-state index in [-0.39, 0.29) is 50.3 Å². The summed E-state index contributed by atoms with van der Waals surface area (Å²) in [6.07, 6.45) is 2.21. The van der Waals surface area contributed by atoms with Crippen LogP contribution in [-0.2, 0) is 30.3 Å². The van der Waals surface area contributed by atoms with Crippen LogP contribution in [0.4, 0.5) is 4.79 Å². The van der Waals surface area contributed by atoms with Crippen LogP contribution in [0.2, 0.25) is 0 Å². The van der Waals surface area contributed by atoms with Crippen LogP contribution >= 0.6 is 11.3 Å². The normalized spacial score (nSPS) is 16.9. The molecule has 0 radical (unpaired) electrons. The molecular weight excluding hydrogens is 797 g/mol. The molecule has 0 spiro atoms. The van der Waals surface area contributed by atoms with Crippen LogP contribution in [0.25, 0.3) is 10.4 Å². The highest BCUT2D eigenvalue weighted by Gasteiger charge is 2.44. The number of carbonyl (C=O) groups is 5. The van der Waals surface area contributed by atoms with E-state index < -0.39 is 53.2 Å². The largest absolute Gasteiger partial charge is 0.491 e. The molecule has 6 N–H and O–H groups in total. The predicted octanol–water partition coefficient (Wildman–Crippen LogP) is 6.44. The number of hydrogen-bond donors (Lipinski definition) is 5. The van der Waals surface area contributed by atoms with Crippen molar-refractivity contribution in [2.24, 2.45) is 11.1 Å². The number of unbranched alkanes of at least 4 members (excludes halogenated alkanes) is 2. The molecular formula is C46H66N6O8S. The average Bonchev–Trinajstić information content (AvgIpc) is 3.79. The molecule has 1 saturated heterocycles. The predicted molar refractivity (Wildman–Crippen MR) is 237 cm³/mol. The van der Waals surface area contributed by atoms with Gasteiger partial charge in [0.05, 0.1) is 34.3 Å². The van der Waals surface area contributed by atoms with Gasteiger partial charge >= 0.3 is 6.09 Å². The Morgan fingerprint density at radius 1 is 0.951 bits per heavy atom. The minimum Gasteiger partial charge on any atom is -0.491 e. The Hall–Kier alpha value is -5.02. The molecule has 4 rings (SSSR count). The highest BCUT2D eigenvalue weighted by atomic mass is 32.1. The van der Waals surface area contributed by atoms with Crippen molar-refractivity contribution in [1.29, 1.82) is 0 Å². The van der Waals surface area contributed by atoms with Crippen molar-refractivity contribution in [2.45, 2.75) is 150 Å². The van der Waals surface area contributed by atoms with Crippen LogP contribution in [0.3, 0.4) is 0 Å². The lowest BCUT2D eigenvalue weighted by atomic mass is 9.85. The minimum absolute atomic E-state index is 0.00114. The Kier molecular flexibility index (Phi) is 17.3. The first-order chi connectivity index (χ1) is 28.6. The molecule has 1 aliphatic heterocycles. The fourth-order valence-electron chi connectivity index (χ4n) is 7.29. The zero-order valence-electron chi connectivity index (χ0n) is 37.3. The number of aliphatic hydroxyl groups is 1. The molecule has 2 heterocycles. The third kappa shape index (κ3) is 14.8. The summed E-state index contributed by atoms with van der Waals surface area (Å²) in [6.45, 7) is 16.9. The molecule has 15 heteroatoms. The number of likely N-dealkylation sites (tertiary alicyclic amines) is 1. The second kappa shape index (κ2) is 21.7. The number of nitrogens with one attached hydrogen (secondary N) is 3. The molecule has 5 amide bonds. The second-order valence-electron chi connectivity index (χ2n) is 18.1. The van der Waals surface area contributed by atoms with Gasteiger partial charge in [-0.15, -0.1) is 11.3 Å². The number of rotatable bonds is 19. The summed E-state index contributed by atoms with van der Waals surface area (Å²) in [5.74, 6) is -0.814. The van der Waals surface area contributed by atoms with Crippen LogP contribution < -0.4 is 26.4 Å². The van der Waals surface area contributed by atoms with E-state index in [1.54, 1.807) is 32.1 Å². The van der Waals surface area contributed by atoms with Gasteiger partial charge in [0.1, 0.15) is 30.0 Å². The lowest BCUT2D eigenvalue weighted by Crippen LogP contribution is -2.57. The van der Waals surface area contributed by atoms with Gasteiger partial charge in [0.25, 0.3) is 0 Å². The molecule has 2 aromatic carbocycles. The number of aliphatic hydroxyl groups excluding tert-OH is 1. The van der Waals surface area contributed by atoms with E-state index in [1.807, 2.05) is 89.5 Å². The molecule has 0 unspecified atom stereocenters. The maximum absolute atomic E-state index is 14.1. The van der Waals surface area contributed by atoms with Crippen molar-refractivity contribution >= 4 is 41.1 Å². The first-order valence-corrected chi connectivity index (χ1v) is 22.1. The summed E-state index contributed by atoms with van der Waals surface area (Å²) in [5.41, 5.74) is 10.8.